The van der Waals surface area contributed by atoms with Crippen LogP contribution in [0.15, 0.2) is 12.4 Å². The van der Waals surface area contributed by atoms with Gasteiger partial charge >= 0.3 is 0 Å². The number of carboxylic acid groups (broad SMARTS) is 1. The number of carbonyl (C=O) groups is 1. The largest absolute Gasteiger partial charge is 0.483 e. The topological polar surface area (TPSA) is 111 Å². The molecule has 1 saturated heterocycles. The Labute approximate surface area is 187 Å². The van der Waals surface area contributed by atoms with Crippen molar-refractivity contribution in [2.45, 2.75) is 38.5 Å². The van der Waals surface area contributed by atoms with E-state index in [2.05, 4.69) is 14.9 Å². The Balaban J connectivity index is 0.000000858. The highest BCUT2D eigenvalue weighted by Crippen LogP contribution is 2.30. The van der Waals surface area contributed by atoms with Crippen LogP contribution in [0.3, 0.4) is 0 Å². The van der Waals surface area contributed by atoms with E-state index < -0.39 is 0 Å². The lowest BCUT2D eigenvalue weighted by molar-refractivity contribution is -0.122. The van der Waals surface area contributed by atoms with Gasteiger partial charge in [-0.05, 0) is 12.8 Å². The van der Waals surface area contributed by atoms with Crippen LogP contribution >= 0.6 is 11.6 Å². The van der Waals surface area contributed by atoms with Crippen LogP contribution in [0.25, 0.3) is 0 Å². The average molecular weight is 452 g/mol. The highest BCUT2D eigenvalue weighted by molar-refractivity contribution is 6.30. The van der Waals surface area contributed by atoms with Crippen molar-refractivity contribution in [1.82, 2.24) is 24.6 Å². The molecule has 0 unspecified atom stereocenters. The van der Waals surface area contributed by atoms with Gasteiger partial charge in [-0.3, -0.25) is 14.4 Å². The third kappa shape index (κ3) is 6.05. The number of aromatic nitrogens is 4. The molecule has 10 nitrogen and oxygen atoms in total. The minimum Gasteiger partial charge on any atom is -0.483 e. The normalized spacial score (nSPS) is 17.0. The van der Waals surface area contributed by atoms with Crippen molar-refractivity contribution < 1.29 is 15.0 Å². The van der Waals surface area contributed by atoms with Crippen LogP contribution in [0.1, 0.15) is 24.1 Å². The standard InChI is InChI=1S/C19H28ClN7O.CH2O2/c1-24(2)19-22-17-5-6-25(9-10-27-12-14(20)11-21-27)13-16(17)18(23-19)26-7-3-15(28)4-8-26;2-1-3/h11-12,15,28H,3-10,13H2,1-2H3;1H,(H,2,3). The molecule has 0 atom stereocenters. The zero-order valence-electron chi connectivity index (χ0n) is 18.0. The fourth-order valence-corrected chi connectivity index (χ4v) is 4.03. The third-order valence-corrected chi connectivity index (χ3v) is 5.71. The molecule has 0 aromatic carbocycles. The Kier molecular flexibility index (Phi) is 8.05. The molecule has 11 heteroatoms. The van der Waals surface area contributed by atoms with Gasteiger partial charge in [-0.25, -0.2) is 4.98 Å². The molecule has 2 N–H and O–H groups in total. The van der Waals surface area contributed by atoms with Gasteiger partial charge in [0, 0.05) is 65.0 Å². The van der Waals surface area contributed by atoms with Crippen LogP contribution in [0.5, 0.6) is 0 Å². The molecule has 0 amide bonds. The number of halogens is 1. The summed E-state index contributed by atoms with van der Waals surface area (Å²) in [6, 6.07) is 0. The van der Waals surface area contributed by atoms with Crippen molar-refractivity contribution in [2.24, 2.45) is 0 Å². The molecule has 4 heterocycles. The summed E-state index contributed by atoms with van der Waals surface area (Å²) in [4.78, 5) is 24.8. The van der Waals surface area contributed by atoms with E-state index in [1.54, 1.807) is 6.20 Å². The van der Waals surface area contributed by atoms with Gasteiger partial charge in [0.2, 0.25) is 5.95 Å². The number of aliphatic hydroxyl groups is 1. The van der Waals surface area contributed by atoms with Crippen molar-refractivity contribution in [3.8, 4) is 0 Å². The smallest absolute Gasteiger partial charge is 0.290 e. The van der Waals surface area contributed by atoms with Crippen LogP contribution < -0.4 is 9.80 Å². The molecule has 2 aromatic heterocycles. The summed E-state index contributed by atoms with van der Waals surface area (Å²) in [6.07, 6.45) is 5.84. The van der Waals surface area contributed by atoms with Crippen LogP contribution in [-0.2, 0) is 24.3 Å². The van der Waals surface area contributed by atoms with E-state index in [1.165, 1.54) is 5.56 Å². The number of hydrogen-bond acceptors (Lipinski definition) is 8. The minimum absolute atomic E-state index is 0.195. The Bertz CT molecular complexity index is 868. The number of rotatable bonds is 5. The summed E-state index contributed by atoms with van der Waals surface area (Å²) in [7, 11) is 3.96. The molecular formula is C20H30ClN7O3. The molecule has 1 fully saturated rings. The first-order valence-electron chi connectivity index (χ1n) is 10.4. The van der Waals surface area contributed by atoms with Crippen molar-refractivity contribution >= 4 is 29.8 Å². The fraction of sp³-hybridized carbons (Fsp3) is 0.600. The van der Waals surface area contributed by atoms with E-state index in [4.69, 9.17) is 31.5 Å². The molecule has 2 aliphatic heterocycles. The highest BCUT2D eigenvalue weighted by Gasteiger charge is 2.27. The van der Waals surface area contributed by atoms with E-state index in [1.807, 2.05) is 29.9 Å². The summed E-state index contributed by atoms with van der Waals surface area (Å²) in [5, 5.41) is 21.7. The highest BCUT2D eigenvalue weighted by atomic mass is 35.5. The molecule has 0 aliphatic carbocycles. The third-order valence-electron chi connectivity index (χ3n) is 5.52. The van der Waals surface area contributed by atoms with E-state index >= 15 is 0 Å². The first-order chi connectivity index (χ1) is 14.9. The zero-order valence-corrected chi connectivity index (χ0v) is 18.7. The maximum absolute atomic E-state index is 9.88. The van der Waals surface area contributed by atoms with Gasteiger partial charge in [-0.15, -0.1) is 0 Å². The van der Waals surface area contributed by atoms with Gasteiger partial charge in [-0.2, -0.15) is 10.1 Å². The predicted octanol–water partition coefficient (Wildman–Crippen LogP) is 1.11. The second kappa shape index (κ2) is 10.7. The number of nitrogens with zero attached hydrogens (tertiary/aromatic N) is 7. The van der Waals surface area contributed by atoms with Crippen molar-refractivity contribution in [3.05, 3.63) is 28.7 Å². The van der Waals surface area contributed by atoms with E-state index in [0.29, 0.717) is 5.02 Å². The average Bonchev–Trinajstić information content (AvgIpc) is 3.17. The fourth-order valence-electron chi connectivity index (χ4n) is 3.87. The summed E-state index contributed by atoms with van der Waals surface area (Å²) in [5.41, 5.74) is 2.38. The van der Waals surface area contributed by atoms with Gasteiger partial charge in [0.05, 0.1) is 29.6 Å². The summed E-state index contributed by atoms with van der Waals surface area (Å²) >= 11 is 5.97. The molecule has 0 spiro atoms. The lowest BCUT2D eigenvalue weighted by Crippen LogP contribution is -2.40. The molecule has 0 radical (unpaired) electrons. The number of fused-ring (bicyclic) bond motifs is 1. The Hall–Kier alpha value is -2.43. The molecular weight excluding hydrogens is 422 g/mol. The van der Waals surface area contributed by atoms with Gasteiger partial charge in [0.1, 0.15) is 5.82 Å². The number of piperidine rings is 1. The number of anilines is 2. The molecule has 170 valence electrons. The lowest BCUT2D eigenvalue weighted by Gasteiger charge is -2.36. The first kappa shape index (κ1) is 23.2. The summed E-state index contributed by atoms with van der Waals surface area (Å²) < 4.78 is 1.89. The minimum atomic E-state index is -0.250. The van der Waals surface area contributed by atoms with Crippen LogP contribution in [-0.4, -0.2) is 87.7 Å². The molecule has 31 heavy (non-hydrogen) atoms. The molecule has 2 aromatic rings. The summed E-state index contributed by atoms with van der Waals surface area (Å²) in [6.45, 7) is 4.96. The van der Waals surface area contributed by atoms with E-state index in [0.717, 1.165) is 76.0 Å². The van der Waals surface area contributed by atoms with E-state index in [9.17, 15) is 5.11 Å². The molecule has 2 aliphatic rings. The predicted molar refractivity (Wildman–Crippen MR) is 119 cm³/mol. The van der Waals surface area contributed by atoms with Gasteiger partial charge in [0.25, 0.3) is 6.47 Å². The lowest BCUT2D eigenvalue weighted by atomic mass is 10.0. The Morgan fingerprint density at radius 3 is 2.55 bits per heavy atom. The van der Waals surface area contributed by atoms with Crippen LogP contribution in [0.2, 0.25) is 5.02 Å². The summed E-state index contributed by atoms with van der Waals surface area (Å²) in [5.74, 6) is 1.80. The van der Waals surface area contributed by atoms with Crippen LogP contribution in [0.4, 0.5) is 11.8 Å². The quantitative estimate of drug-likeness (QED) is 0.645. The van der Waals surface area contributed by atoms with Crippen molar-refractivity contribution in [3.63, 3.8) is 0 Å². The first-order valence-corrected chi connectivity index (χ1v) is 10.8. The van der Waals surface area contributed by atoms with Crippen molar-refractivity contribution in [2.75, 3.05) is 50.1 Å². The maximum Gasteiger partial charge on any atom is 0.290 e. The van der Waals surface area contributed by atoms with Gasteiger partial charge in [0.15, 0.2) is 0 Å². The maximum atomic E-state index is 9.88. The molecule has 0 saturated carbocycles. The Morgan fingerprint density at radius 1 is 1.23 bits per heavy atom. The molecule has 0 bridgehead atoms. The van der Waals surface area contributed by atoms with Crippen LogP contribution in [0, 0.1) is 0 Å². The van der Waals surface area contributed by atoms with Gasteiger partial charge in [-0.1, -0.05) is 11.6 Å². The monoisotopic (exact) mass is 451 g/mol. The van der Waals surface area contributed by atoms with Gasteiger partial charge < -0.3 is 20.0 Å². The number of hydrogen-bond donors (Lipinski definition) is 2. The van der Waals surface area contributed by atoms with E-state index in [-0.39, 0.29) is 12.6 Å². The van der Waals surface area contributed by atoms with Crippen molar-refractivity contribution in [1.29, 1.82) is 0 Å². The zero-order chi connectivity index (χ0) is 22.4. The molecule has 4 rings (SSSR count). The number of aliphatic hydroxyl groups excluding tert-OH is 1. The SMILES string of the molecule is CN(C)c1nc2c(c(N3CCC(O)CC3)n1)CN(CCn1cc(Cl)cn1)CC2.O=CO. The Morgan fingerprint density at radius 2 is 1.94 bits per heavy atom. The second-order valence-electron chi connectivity index (χ2n) is 7.94. The second-order valence-corrected chi connectivity index (χ2v) is 8.37.